The fraction of sp³-hybridized carbons (Fsp3) is 0.444. The highest BCUT2D eigenvalue weighted by atomic mass is 32.1. The van der Waals surface area contributed by atoms with Crippen molar-refractivity contribution in [1.82, 2.24) is 15.2 Å². The van der Waals surface area contributed by atoms with Crippen LogP contribution in [-0.4, -0.2) is 39.5 Å². The van der Waals surface area contributed by atoms with Crippen LogP contribution in [0.2, 0.25) is 0 Å². The minimum atomic E-state index is -0.190. The Bertz CT molecular complexity index is 839. The number of hydrogen-bond donors (Lipinski definition) is 4. The van der Waals surface area contributed by atoms with Crippen molar-refractivity contribution in [2.75, 3.05) is 23.8 Å². The molecule has 0 fully saturated rings. The first kappa shape index (κ1) is 17.7. The number of aliphatic hydroxyl groups is 1. The second-order valence-corrected chi connectivity index (χ2v) is 8.38. The van der Waals surface area contributed by atoms with Crippen LogP contribution in [0, 0.1) is 5.41 Å². The van der Waals surface area contributed by atoms with Gasteiger partial charge in [-0.2, -0.15) is 5.10 Å². The fourth-order valence-corrected chi connectivity index (χ4v) is 3.50. The summed E-state index contributed by atoms with van der Waals surface area (Å²) in [6.07, 6.45) is 1.75. The van der Waals surface area contributed by atoms with Gasteiger partial charge in [-0.15, -0.1) is 11.3 Å². The third-order valence-corrected chi connectivity index (χ3v) is 5.06. The van der Waals surface area contributed by atoms with Crippen LogP contribution in [0.25, 0.3) is 20.8 Å². The van der Waals surface area contributed by atoms with Crippen LogP contribution in [0.1, 0.15) is 27.7 Å². The molecule has 0 unspecified atom stereocenters. The number of thiophene rings is 1. The Morgan fingerprint density at radius 1 is 1.32 bits per heavy atom. The van der Waals surface area contributed by atoms with Crippen molar-refractivity contribution in [3.05, 3.63) is 24.4 Å². The number of anilines is 2. The van der Waals surface area contributed by atoms with E-state index in [1.54, 1.807) is 17.5 Å². The average molecular weight is 359 g/mol. The number of H-pyrrole nitrogens is 1. The molecule has 3 rings (SSSR count). The number of fused-ring (bicyclic) bond motifs is 1. The highest BCUT2D eigenvalue weighted by Gasteiger charge is 2.18. The molecule has 0 saturated carbocycles. The summed E-state index contributed by atoms with van der Waals surface area (Å²) in [6, 6.07) is 6.39. The van der Waals surface area contributed by atoms with Gasteiger partial charge >= 0.3 is 0 Å². The van der Waals surface area contributed by atoms with E-state index < -0.39 is 0 Å². The lowest BCUT2D eigenvalue weighted by Crippen LogP contribution is -2.26. The van der Waals surface area contributed by atoms with Crippen molar-refractivity contribution in [2.24, 2.45) is 5.41 Å². The summed E-state index contributed by atoms with van der Waals surface area (Å²) < 4.78 is 1.10. The van der Waals surface area contributed by atoms with Crippen LogP contribution in [0.5, 0.6) is 0 Å². The largest absolute Gasteiger partial charge is 0.396 e. The summed E-state index contributed by atoms with van der Waals surface area (Å²) in [4.78, 5) is 5.85. The van der Waals surface area contributed by atoms with Gasteiger partial charge in [0.1, 0.15) is 5.82 Å². The molecule has 0 saturated heterocycles. The molecule has 3 heterocycles. The molecular weight excluding hydrogens is 334 g/mol. The van der Waals surface area contributed by atoms with E-state index in [1.165, 1.54) is 0 Å². The first-order valence-electron chi connectivity index (χ1n) is 8.43. The van der Waals surface area contributed by atoms with Gasteiger partial charge in [0, 0.05) is 36.9 Å². The summed E-state index contributed by atoms with van der Waals surface area (Å²) in [7, 11) is 0. The Kier molecular flexibility index (Phi) is 4.96. The van der Waals surface area contributed by atoms with Crippen molar-refractivity contribution in [3.63, 3.8) is 0 Å². The highest BCUT2D eigenvalue weighted by Crippen LogP contribution is 2.37. The predicted molar refractivity (Wildman–Crippen MR) is 105 cm³/mol. The van der Waals surface area contributed by atoms with Crippen molar-refractivity contribution in [1.29, 1.82) is 0 Å². The third kappa shape index (κ3) is 4.11. The highest BCUT2D eigenvalue weighted by molar-refractivity contribution is 7.22. The lowest BCUT2D eigenvalue weighted by molar-refractivity contribution is 0.171. The van der Waals surface area contributed by atoms with Crippen molar-refractivity contribution >= 4 is 33.1 Å². The van der Waals surface area contributed by atoms with E-state index in [0.717, 1.165) is 32.3 Å². The van der Waals surface area contributed by atoms with Gasteiger partial charge in [0.2, 0.25) is 0 Å². The van der Waals surface area contributed by atoms with Crippen LogP contribution in [-0.2, 0) is 0 Å². The molecule has 0 spiro atoms. The summed E-state index contributed by atoms with van der Waals surface area (Å²) in [5.74, 6) is 0.848. The van der Waals surface area contributed by atoms with Crippen LogP contribution < -0.4 is 10.6 Å². The number of pyridine rings is 1. The molecule has 25 heavy (non-hydrogen) atoms. The predicted octanol–water partition coefficient (Wildman–Crippen LogP) is 3.94. The van der Waals surface area contributed by atoms with Gasteiger partial charge in [0.25, 0.3) is 0 Å². The molecule has 0 atom stereocenters. The van der Waals surface area contributed by atoms with E-state index in [0.29, 0.717) is 12.6 Å². The molecule has 4 N–H and O–H groups in total. The molecule has 0 bridgehead atoms. The van der Waals surface area contributed by atoms with Crippen molar-refractivity contribution in [2.45, 2.75) is 33.7 Å². The summed E-state index contributed by atoms with van der Waals surface area (Å²) in [5.41, 5.74) is 2.78. The maximum Gasteiger partial charge on any atom is 0.128 e. The molecule has 0 aliphatic carbocycles. The Hall–Kier alpha value is -2.12. The van der Waals surface area contributed by atoms with E-state index in [2.05, 4.69) is 40.7 Å². The molecule has 3 aromatic rings. The third-order valence-electron chi connectivity index (χ3n) is 3.87. The minimum Gasteiger partial charge on any atom is -0.396 e. The Balaban J connectivity index is 2.01. The van der Waals surface area contributed by atoms with Gasteiger partial charge < -0.3 is 15.7 Å². The molecule has 0 aliphatic heterocycles. The Morgan fingerprint density at radius 2 is 2.12 bits per heavy atom. The van der Waals surface area contributed by atoms with E-state index in [9.17, 15) is 5.11 Å². The molecule has 0 aliphatic rings. The first-order chi connectivity index (χ1) is 11.9. The average Bonchev–Trinajstić information content (AvgIpc) is 3.21. The van der Waals surface area contributed by atoms with Crippen LogP contribution >= 0.6 is 11.3 Å². The van der Waals surface area contributed by atoms with Crippen LogP contribution in [0.3, 0.4) is 0 Å². The van der Waals surface area contributed by atoms with Gasteiger partial charge in [-0.25, -0.2) is 4.98 Å². The molecule has 7 heteroatoms. The van der Waals surface area contributed by atoms with E-state index >= 15 is 0 Å². The maximum absolute atomic E-state index is 9.51. The Morgan fingerprint density at radius 3 is 2.76 bits per heavy atom. The first-order valence-corrected chi connectivity index (χ1v) is 9.25. The van der Waals surface area contributed by atoms with E-state index in [4.69, 9.17) is 4.98 Å². The zero-order chi connectivity index (χ0) is 18.0. The zero-order valence-corrected chi connectivity index (χ0v) is 15.9. The monoisotopic (exact) mass is 359 g/mol. The second-order valence-electron chi connectivity index (χ2n) is 7.33. The van der Waals surface area contributed by atoms with Crippen molar-refractivity contribution in [3.8, 4) is 10.6 Å². The summed E-state index contributed by atoms with van der Waals surface area (Å²) >= 11 is 1.68. The lowest BCUT2D eigenvalue weighted by atomic mass is 9.95. The van der Waals surface area contributed by atoms with Crippen LogP contribution in [0.4, 0.5) is 11.5 Å². The second kappa shape index (κ2) is 7.01. The quantitative estimate of drug-likeness (QED) is 0.513. The maximum atomic E-state index is 9.51. The summed E-state index contributed by atoms with van der Waals surface area (Å²) in [6.45, 7) is 9.08. The lowest BCUT2D eigenvalue weighted by Gasteiger charge is -2.23. The number of aromatic amines is 1. The van der Waals surface area contributed by atoms with Gasteiger partial charge in [-0.1, -0.05) is 13.8 Å². The molecule has 0 radical (unpaired) electrons. The molecule has 0 amide bonds. The number of rotatable bonds is 7. The molecular formula is C18H25N5OS. The molecule has 0 aromatic carbocycles. The normalized spacial score (nSPS) is 12.1. The number of nitrogens with zero attached hydrogens (tertiary/aromatic N) is 2. The smallest absolute Gasteiger partial charge is 0.128 e. The van der Waals surface area contributed by atoms with Gasteiger partial charge in [-0.05, 0) is 26.0 Å². The van der Waals surface area contributed by atoms with Crippen LogP contribution in [0.15, 0.2) is 24.4 Å². The fourth-order valence-electron chi connectivity index (χ4n) is 2.44. The van der Waals surface area contributed by atoms with Gasteiger partial charge in [0.05, 0.1) is 26.5 Å². The number of nitrogens with one attached hydrogen (secondary N) is 3. The van der Waals surface area contributed by atoms with Crippen molar-refractivity contribution < 1.29 is 5.11 Å². The van der Waals surface area contributed by atoms with E-state index in [1.807, 2.05) is 26.0 Å². The summed E-state index contributed by atoms with van der Waals surface area (Å²) in [5, 5.41) is 23.4. The van der Waals surface area contributed by atoms with Gasteiger partial charge in [-0.3, -0.25) is 5.10 Å². The number of aliphatic hydroxyl groups excluding tert-OH is 1. The Labute approximate surface area is 151 Å². The SMILES string of the molecule is CC(C)Nc1cc(NCC(C)(C)CO)c2sc(-c3ccn[nH]3)cc2n1. The van der Waals surface area contributed by atoms with Gasteiger partial charge in [0.15, 0.2) is 0 Å². The standard InChI is InChI=1S/C18H25N5OS/c1-11(2)21-16-8-13(19-9-18(3,4)10-24)17-14(22-16)7-15(25-17)12-5-6-20-23-12/h5-8,11,24H,9-10H2,1-4H3,(H,20,23)(H2,19,21,22). The topological polar surface area (TPSA) is 85.9 Å². The minimum absolute atomic E-state index is 0.134. The molecule has 6 nitrogen and oxygen atoms in total. The number of hydrogen-bond acceptors (Lipinski definition) is 6. The van der Waals surface area contributed by atoms with E-state index in [-0.39, 0.29) is 12.0 Å². The molecule has 134 valence electrons. The zero-order valence-electron chi connectivity index (χ0n) is 15.1. The number of aromatic nitrogens is 3. The molecule has 3 aromatic heterocycles.